The minimum Gasteiger partial charge on any atom is -0.346 e. The van der Waals surface area contributed by atoms with Gasteiger partial charge in [0.15, 0.2) is 12.6 Å². The van der Waals surface area contributed by atoms with Gasteiger partial charge in [0, 0.05) is 22.4 Å². The topological polar surface area (TPSA) is 58.5 Å². The van der Waals surface area contributed by atoms with Crippen LogP contribution in [0.4, 0.5) is 0 Å². The second-order valence-electron chi connectivity index (χ2n) is 11.2. The lowest BCUT2D eigenvalue weighted by Gasteiger charge is -2.48. The highest BCUT2D eigenvalue weighted by molar-refractivity contribution is 7.68. The predicted molar refractivity (Wildman–Crippen MR) is 182 cm³/mol. The van der Waals surface area contributed by atoms with Crippen LogP contribution in [-0.2, 0) is 30.1 Å². The van der Waals surface area contributed by atoms with E-state index in [1.54, 1.807) is 0 Å². The average Bonchev–Trinajstić information content (AvgIpc) is 3.14. The van der Waals surface area contributed by atoms with Crippen LogP contribution < -0.4 is 10.6 Å². The van der Waals surface area contributed by atoms with E-state index >= 15 is 0 Å². The highest BCUT2D eigenvalue weighted by Gasteiger charge is 2.52. The third-order valence-corrected chi connectivity index (χ3v) is 10.0. The lowest BCUT2D eigenvalue weighted by molar-refractivity contribution is -0.339. The molecular formula is C39H36NO5P. The van der Waals surface area contributed by atoms with Crippen LogP contribution in [0.2, 0.25) is 0 Å². The van der Waals surface area contributed by atoms with Crippen molar-refractivity contribution < 1.29 is 23.5 Å². The van der Waals surface area contributed by atoms with E-state index in [4.69, 9.17) is 28.5 Å². The third-order valence-electron chi connectivity index (χ3n) is 8.04. The molecule has 0 N–H and O–H groups in total. The maximum Gasteiger partial charge on any atom is 0.184 e. The monoisotopic (exact) mass is 629 g/mol. The van der Waals surface area contributed by atoms with Crippen LogP contribution in [-0.4, -0.2) is 43.5 Å². The Morgan fingerprint density at radius 1 is 0.674 bits per heavy atom. The van der Waals surface area contributed by atoms with E-state index < -0.39 is 45.1 Å². The van der Waals surface area contributed by atoms with Crippen molar-refractivity contribution >= 4 is 25.0 Å². The van der Waals surface area contributed by atoms with Crippen molar-refractivity contribution in [2.45, 2.75) is 43.5 Å². The van der Waals surface area contributed by atoms with Gasteiger partial charge in [-0.05, 0) is 11.1 Å². The van der Waals surface area contributed by atoms with E-state index in [-0.39, 0.29) is 0 Å². The summed E-state index contributed by atoms with van der Waals surface area (Å²) in [6.07, 6.45) is -0.776. The molecule has 5 aromatic rings. The Labute approximate surface area is 271 Å². The second kappa shape index (κ2) is 15.1. The summed E-state index contributed by atoms with van der Waals surface area (Å²) in [7, 11) is -1.24. The molecule has 6 nitrogen and oxygen atoms in total. The van der Waals surface area contributed by atoms with Crippen molar-refractivity contribution in [1.29, 1.82) is 0 Å². The maximum absolute atomic E-state index is 7.31. The summed E-state index contributed by atoms with van der Waals surface area (Å²) in [6.45, 7) is 0.701. The van der Waals surface area contributed by atoms with Gasteiger partial charge in [-0.1, -0.05) is 152 Å². The van der Waals surface area contributed by atoms with Gasteiger partial charge >= 0.3 is 0 Å². The van der Waals surface area contributed by atoms with Gasteiger partial charge in [0.2, 0.25) is 0 Å². The highest BCUT2D eigenvalue weighted by Crippen LogP contribution is 2.44. The molecule has 1 unspecified atom stereocenters. The quantitative estimate of drug-likeness (QED) is 0.124. The molecule has 5 aromatic carbocycles. The van der Waals surface area contributed by atoms with E-state index in [1.165, 1.54) is 0 Å². The zero-order valence-corrected chi connectivity index (χ0v) is 26.2. The highest BCUT2D eigenvalue weighted by atomic mass is 31.1. The zero-order chi connectivity index (χ0) is 31.0. The normalized spacial score (nSPS) is 24.5. The predicted octanol–water partition coefficient (Wildman–Crippen LogP) is 6.96. The molecule has 0 radical (unpaired) electrons. The molecule has 0 bridgehead atoms. The standard InChI is InChI=1S/C39H36NO5P/c1-6-16-29(17-7-1)26-40-35-37(45-46(32-22-12-4-13-23-32)33-24-14-5-15-25-33)36-34(28-42-38(44-36)31-20-10-3-11-21-31)43-39(35)41-27-30-18-8-2-9-19-30/h1-26,34-39H,27-28H2/t34-,35-,36-,37-,38?,39+/m1/s1. The molecule has 0 saturated carbocycles. The molecule has 6 atom stereocenters. The first-order chi connectivity index (χ1) is 22.8. The van der Waals surface area contributed by atoms with Crippen molar-refractivity contribution in [1.82, 2.24) is 0 Å². The minimum atomic E-state index is -1.24. The fourth-order valence-electron chi connectivity index (χ4n) is 5.74. The number of fused-ring (bicyclic) bond motifs is 1. The zero-order valence-electron chi connectivity index (χ0n) is 25.3. The molecule has 0 aromatic heterocycles. The number of hydrogen-bond acceptors (Lipinski definition) is 6. The van der Waals surface area contributed by atoms with Crippen molar-refractivity contribution in [3.05, 3.63) is 168 Å². The molecule has 232 valence electrons. The molecular weight excluding hydrogens is 593 g/mol. The van der Waals surface area contributed by atoms with Crippen LogP contribution in [0.25, 0.3) is 0 Å². The number of hydrogen-bond donors (Lipinski definition) is 0. The van der Waals surface area contributed by atoms with E-state index in [0.29, 0.717) is 13.2 Å². The van der Waals surface area contributed by atoms with E-state index in [2.05, 4.69) is 48.5 Å². The van der Waals surface area contributed by atoms with Crippen LogP contribution in [0.15, 0.2) is 157 Å². The van der Waals surface area contributed by atoms with Crippen LogP contribution in [0.1, 0.15) is 23.0 Å². The molecule has 2 saturated heterocycles. The van der Waals surface area contributed by atoms with Crippen molar-refractivity contribution in [3.63, 3.8) is 0 Å². The first kappa shape index (κ1) is 30.6. The molecule has 0 spiro atoms. The Hall–Kier alpha value is -4.00. The number of rotatable bonds is 10. The summed E-state index contributed by atoms with van der Waals surface area (Å²) in [5.74, 6) is 0. The Kier molecular flexibility index (Phi) is 10.0. The number of nitrogens with zero attached hydrogens (tertiary/aromatic N) is 1. The summed E-state index contributed by atoms with van der Waals surface area (Å²) in [5, 5.41) is 2.21. The van der Waals surface area contributed by atoms with Crippen molar-refractivity contribution in [2.24, 2.45) is 4.99 Å². The van der Waals surface area contributed by atoms with Gasteiger partial charge in [0.25, 0.3) is 0 Å². The molecule has 2 fully saturated rings. The SMILES string of the molecule is C(=N[C@H]1[C@@H](OCc2ccccc2)O[C@@H]2COC(c3ccccc3)O[C@H]2[C@@H]1OP(c1ccccc1)c1ccccc1)c1ccccc1. The van der Waals surface area contributed by atoms with Crippen molar-refractivity contribution in [3.8, 4) is 0 Å². The van der Waals surface area contributed by atoms with E-state index in [0.717, 1.165) is 27.3 Å². The fraction of sp³-hybridized carbons (Fsp3) is 0.205. The van der Waals surface area contributed by atoms with Crippen molar-refractivity contribution in [2.75, 3.05) is 6.61 Å². The van der Waals surface area contributed by atoms with Gasteiger partial charge < -0.3 is 23.5 Å². The number of benzene rings is 5. The van der Waals surface area contributed by atoms with Gasteiger partial charge in [0.05, 0.1) is 21.4 Å². The summed E-state index contributed by atoms with van der Waals surface area (Å²) >= 11 is 0. The van der Waals surface area contributed by atoms with E-state index in [1.807, 2.05) is 109 Å². The molecule has 0 amide bonds. The summed E-state index contributed by atoms with van der Waals surface area (Å²) in [6, 6.07) is 50.4. The molecule has 7 rings (SSSR count). The Morgan fingerprint density at radius 3 is 1.87 bits per heavy atom. The first-order valence-electron chi connectivity index (χ1n) is 15.6. The molecule has 7 heteroatoms. The molecule has 46 heavy (non-hydrogen) atoms. The number of aliphatic imine (C=N–C) groups is 1. The minimum absolute atomic E-state index is 0.332. The first-order valence-corrected chi connectivity index (χ1v) is 16.9. The van der Waals surface area contributed by atoms with E-state index in [9.17, 15) is 0 Å². The van der Waals surface area contributed by atoms with Gasteiger partial charge in [-0.2, -0.15) is 0 Å². The Morgan fingerprint density at radius 2 is 1.24 bits per heavy atom. The Balaban J connectivity index is 1.28. The van der Waals surface area contributed by atoms with Gasteiger partial charge in [-0.15, -0.1) is 0 Å². The largest absolute Gasteiger partial charge is 0.346 e. The lowest BCUT2D eigenvalue weighted by Crippen LogP contribution is -2.62. The van der Waals surface area contributed by atoms with Crippen LogP contribution in [0, 0.1) is 0 Å². The molecule has 2 aliphatic heterocycles. The smallest absolute Gasteiger partial charge is 0.184 e. The Bertz CT molecular complexity index is 1620. The summed E-state index contributed by atoms with van der Waals surface area (Å²) in [5.41, 5.74) is 2.97. The fourth-order valence-corrected chi connectivity index (χ4v) is 7.65. The maximum atomic E-state index is 7.31. The van der Waals surface area contributed by atoms with Gasteiger partial charge in [-0.3, -0.25) is 4.99 Å². The van der Waals surface area contributed by atoms with Gasteiger partial charge in [0.1, 0.15) is 24.4 Å². The average molecular weight is 630 g/mol. The third kappa shape index (κ3) is 7.35. The second-order valence-corrected chi connectivity index (χ2v) is 13.1. The summed E-state index contributed by atoms with van der Waals surface area (Å²) in [4.78, 5) is 5.15. The molecule has 2 heterocycles. The summed E-state index contributed by atoms with van der Waals surface area (Å²) < 4.78 is 33.5. The van der Waals surface area contributed by atoms with Crippen LogP contribution >= 0.6 is 8.15 Å². The van der Waals surface area contributed by atoms with Gasteiger partial charge in [-0.25, -0.2) is 0 Å². The molecule has 2 aliphatic rings. The molecule has 0 aliphatic carbocycles. The van der Waals surface area contributed by atoms with Crippen LogP contribution in [0.5, 0.6) is 0 Å². The lowest BCUT2D eigenvalue weighted by atomic mass is 9.96. The van der Waals surface area contributed by atoms with Crippen LogP contribution in [0.3, 0.4) is 0 Å². The number of ether oxygens (including phenoxy) is 4.